The third-order valence-corrected chi connectivity index (χ3v) is 6.77. The highest BCUT2D eigenvalue weighted by molar-refractivity contribution is 6.05. The monoisotopic (exact) mass is 483 g/mol. The maximum atomic E-state index is 12.9. The smallest absolute Gasteiger partial charge is 0.259 e. The van der Waals surface area contributed by atoms with Gasteiger partial charge in [-0.2, -0.15) is 0 Å². The van der Waals surface area contributed by atoms with Crippen LogP contribution in [0.2, 0.25) is 0 Å². The number of amides is 1. The molecule has 0 radical (unpaired) electrons. The Morgan fingerprint density at radius 2 is 1.78 bits per heavy atom. The summed E-state index contributed by atoms with van der Waals surface area (Å²) in [5.74, 6) is 2.49. The number of hydrogen-bond acceptors (Lipinski definition) is 6. The lowest BCUT2D eigenvalue weighted by molar-refractivity contribution is 0.0116. The van der Waals surface area contributed by atoms with Crippen molar-refractivity contribution in [2.75, 3.05) is 30.4 Å². The van der Waals surface area contributed by atoms with Gasteiger partial charge in [0, 0.05) is 18.7 Å². The van der Waals surface area contributed by atoms with Gasteiger partial charge >= 0.3 is 0 Å². The zero-order valence-electron chi connectivity index (χ0n) is 20.4. The third kappa shape index (κ3) is 4.83. The maximum absolute atomic E-state index is 12.9. The minimum Gasteiger partial charge on any atom is -0.497 e. The molecule has 0 unspecified atom stereocenters. The molecule has 0 atom stereocenters. The highest BCUT2D eigenvalue weighted by Crippen LogP contribution is 2.34. The van der Waals surface area contributed by atoms with E-state index in [0.29, 0.717) is 48.7 Å². The molecule has 2 aromatic carbocycles. The largest absolute Gasteiger partial charge is 0.497 e. The average molecular weight is 484 g/mol. The van der Waals surface area contributed by atoms with Crippen molar-refractivity contribution in [3.8, 4) is 17.1 Å². The van der Waals surface area contributed by atoms with E-state index in [1.54, 1.807) is 26.3 Å². The molecule has 0 saturated carbocycles. The zero-order chi connectivity index (χ0) is 25.1. The number of pyridine rings is 1. The molecule has 1 aliphatic heterocycles. The maximum Gasteiger partial charge on any atom is 0.259 e. The summed E-state index contributed by atoms with van der Waals surface area (Å²) in [6.45, 7) is 3.18. The first-order valence-electron chi connectivity index (χ1n) is 12.0. The molecule has 0 aliphatic carbocycles. The second kappa shape index (κ2) is 9.87. The van der Waals surface area contributed by atoms with Crippen molar-refractivity contribution in [2.45, 2.75) is 25.4 Å². The van der Waals surface area contributed by atoms with Crippen molar-refractivity contribution in [1.29, 1.82) is 0 Å². The molecule has 0 spiro atoms. The van der Waals surface area contributed by atoms with Crippen molar-refractivity contribution in [3.63, 3.8) is 0 Å². The number of methoxy groups -OCH3 is 1. The van der Waals surface area contributed by atoms with E-state index in [4.69, 9.17) is 9.15 Å². The first-order valence-corrected chi connectivity index (χ1v) is 12.0. The van der Waals surface area contributed by atoms with Gasteiger partial charge in [-0.3, -0.25) is 4.79 Å². The summed E-state index contributed by atoms with van der Waals surface area (Å²) in [5.41, 5.74) is 2.10. The first kappa shape index (κ1) is 23.6. The molecule has 1 aliphatic rings. The number of aromatic nitrogens is 1. The fourth-order valence-corrected chi connectivity index (χ4v) is 4.59. The SMILES string of the molecule is COc1ccc(-c2cc(C(=O)Nc3ccc(N4CCC(O)(c5ccccc5)CC4)nc3)c(C)o2)cc1. The van der Waals surface area contributed by atoms with Gasteiger partial charge in [-0.1, -0.05) is 30.3 Å². The number of anilines is 2. The van der Waals surface area contributed by atoms with E-state index in [-0.39, 0.29) is 5.91 Å². The Balaban J connectivity index is 1.22. The summed E-state index contributed by atoms with van der Waals surface area (Å²) < 4.78 is 11.0. The topological polar surface area (TPSA) is 87.8 Å². The second-order valence-corrected chi connectivity index (χ2v) is 9.05. The number of benzene rings is 2. The fourth-order valence-electron chi connectivity index (χ4n) is 4.59. The molecular formula is C29H29N3O4. The van der Waals surface area contributed by atoms with E-state index in [0.717, 1.165) is 22.7 Å². The zero-order valence-corrected chi connectivity index (χ0v) is 20.4. The van der Waals surface area contributed by atoms with Gasteiger partial charge in [-0.25, -0.2) is 4.98 Å². The number of furan rings is 1. The molecule has 1 amide bonds. The molecule has 7 heteroatoms. The minimum atomic E-state index is -0.807. The van der Waals surface area contributed by atoms with Gasteiger partial charge < -0.3 is 24.5 Å². The Kier molecular flexibility index (Phi) is 6.48. The standard InChI is InChI=1S/C29H29N3O4/c1-20-25(18-26(36-20)21-8-11-24(35-2)12-9-21)28(33)31-23-10-13-27(30-19-23)32-16-14-29(34,15-17-32)22-6-4-3-5-7-22/h3-13,18-19,34H,14-17H2,1-2H3,(H,31,33). The molecule has 0 bridgehead atoms. The minimum absolute atomic E-state index is 0.253. The molecule has 2 N–H and O–H groups in total. The lowest BCUT2D eigenvalue weighted by Gasteiger charge is -2.39. The number of rotatable bonds is 6. The van der Waals surface area contributed by atoms with Gasteiger partial charge in [-0.05, 0) is 67.8 Å². The van der Waals surface area contributed by atoms with Crippen molar-refractivity contribution >= 4 is 17.4 Å². The molecule has 1 fully saturated rings. The van der Waals surface area contributed by atoms with Crippen molar-refractivity contribution in [1.82, 2.24) is 4.98 Å². The second-order valence-electron chi connectivity index (χ2n) is 9.05. The molecule has 3 heterocycles. The number of nitrogens with zero attached hydrogens (tertiary/aromatic N) is 2. The van der Waals surface area contributed by atoms with Gasteiger partial charge in [0.15, 0.2) is 0 Å². The normalized spacial score (nSPS) is 14.9. The van der Waals surface area contributed by atoms with Crippen LogP contribution < -0.4 is 15.0 Å². The van der Waals surface area contributed by atoms with Gasteiger partial charge in [-0.15, -0.1) is 0 Å². The molecule has 5 rings (SSSR count). The van der Waals surface area contributed by atoms with Crippen molar-refractivity contribution < 1.29 is 19.1 Å². The van der Waals surface area contributed by atoms with Crippen LogP contribution in [-0.4, -0.2) is 36.2 Å². The third-order valence-electron chi connectivity index (χ3n) is 6.77. The van der Waals surface area contributed by atoms with E-state index in [1.807, 2.05) is 66.7 Å². The predicted molar refractivity (Wildman–Crippen MR) is 139 cm³/mol. The van der Waals surface area contributed by atoms with Crippen LogP contribution in [0.25, 0.3) is 11.3 Å². The van der Waals surface area contributed by atoms with Gasteiger partial charge in [0.2, 0.25) is 0 Å². The highest BCUT2D eigenvalue weighted by atomic mass is 16.5. The number of ether oxygens (including phenoxy) is 1. The van der Waals surface area contributed by atoms with Crippen LogP contribution in [-0.2, 0) is 5.60 Å². The molecular weight excluding hydrogens is 454 g/mol. The molecule has 1 saturated heterocycles. The van der Waals surface area contributed by atoms with E-state index in [1.165, 1.54) is 0 Å². The molecule has 2 aromatic heterocycles. The summed E-state index contributed by atoms with van der Waals surface area (Å²) in [6, 6.07) is 22.8. The van der Waals surface area contributed by atoms with Gasteiger partial charge in [0.25, 0.3) is 5.91 Å². The quantitative estimate of drug-likeness (QED) is 0.382. The lowest BCUT2D eigenvalue weighted by Crippen LogP contribution is -2.42. The van der Waals surface area contributed by atoms with Crippen LogP contribution in [0.15, 0.2) is 83.4 Å². The van der Waals surface area contributed by atoms with Crippen LogP contribution in [0, 0.1) is 6.92 Å². The van der Waals surface area contributed by atoms with Crippen LogP contribution in [0.1, 0.15) is 34.5 Å². The summed E-state index contributed by atoms with van der Waals surface area (Å²) in [6.07, 6.45) is 2.92. The van der Waals surface area contributed by atoms with Crippen LogP contribution in [0.4, 0.5) is 11.5 Å². The molecule has 4 aromatic rings. The number of aryl methyl sites for hydroxylation is 1. The first-order chi connectivity index (χ1) is 17.4. The number of aliphatic hydroxyl groups is 1. The predicted octanol–water partition coefficient (Wildman–Crippen LogP) is 5.40. The number of piperidine rings is 1. The Hall–Kier alpha value is -4.10. The summed E-state index contributed by atoms with van der Waals surface area (Å²) in [7, 11) is 1.62. The van der Waals surface area contributed by atoms with E-state index in [9.17, 15) is 9.90 Å². The van der Waals surface area contributed by atoms with Crippen molar-refractivity contribution in [2.24, 2.45) is 0 Å². The van der Waals surface area contributed by atoms with E-state index < -0.39 is 5.60 Å². The Morgan fingerprint density at radius 1 is 1.06 bits per heavy atom. The van der Waals surface area contributed by atoms with E-state index >= 15 is 0 Å². The Morgan fingerprint density at radius 3 is 2.42 bits per heavy atom. The number of hydrogen-bond donors (Lipinski definition) is 2. The Labute approximate surface area is 210 Å². The number of nitrogens with one attached hydrogen (secondary N) is 1. The van der Waals surface area contributed by atoms with Gasteiger partial charge in [0.1, 0.15) is 23.1 Å². The lowest BCUT2D eigenvalue weighted by atomic mass is 9.84. The number of carbonyl (C=O) groups excluding carboxylic acids is 1. The average Bonchev–Trinajstić information content (AvgIpc) is 3.32. The van der Waals surface area contributed by atoms with Crippen LogP contribution in [0.3, 0.4) is 0 Å². The summed E-state index contributed by atoms with van der Waals surface area (Å²) >= 11 is 0. The van der Waals surface area contributed by atoms with E-state index in [2.05, 4.69) is 15.2 Å². The summed E-state index contributed by atoms with van der Waals surface area (Å²) in [4.78, 5) is 19.6. The fraction of sp³-hybridized carbons (Fsp3) is 0.241. The molecule has 7 nitrogen and oxygen atoms in total. The van der Waals surface area contributed by atoms with Crippen LogP contribution in [0.5, 0.6) is 5.75 Å². The Bertz CT molecular complexity index is 1320. The summed E-state index contributed by atoms with van der Waals surface area (Å²) in [5, 5.41) is 14.0. The highest BCUT2D eigenvalue weighted by Gasteiger charge is 2.34. The molecule has 36 heavy (non-hydrogen) atoms. The number of carbonyl (C=O) groups is 1. The molecule has 184 valence electrons. The van der Waals surface area contributed by atoms with Crippen molar-refractivity contribution in [3.05, 3.63) is 95.9 Å². The van der Waals surface area contributed by atoms with Gasteiger partial charge in [0.05, 0.1) is 30.2 Å². The van der Waals surface area contributed by atoms with Crippen LogP contribution >= 0.6 is 0 Å².